The van der Waals surface area contributed by atoms with Crippen LogP contribution in [0, 0.1) is 5.82 Å². The minimum Gasteiger partial charge on any atom is -0.366 e. The van der Waals surface area contributed by atoms with Crippen LogP contribution in [0.5, 0.6) is 0 Å². The van der Waals surface area contributed by atoms with Gasteiger partial charge in [0.15, 0.2) is 0 Å². The first kappa shape index (κ1) is 12.4. The normalized spacial score (nSPS) is 9.88. The maximum atomic E-state index is 13.2. The molecule has 0 heterocycles. The third-order valence-corrected chi connectivity index (χ3v) is 2.04. The minimum atomic E-state index is -0.687. The molecule has 0 unspecified atom stereocenters. The molecule has 16 heavy (non-hydrogen) atoms. The summed E-state index contributed by atoms with van der Waals surface area (Å²) >= 11 is 5.36. The topological polar surface area (TPSA) is 72.2 Å². The number of benzene rings is 1. The highest BCUT2D eigenvalue weighted by Gasteiger charge is 2.09. The number of rotatable bonds is 4. The number of carbonyl (C=O) groups excluding carboxylic acids is 2. The molecule has 0 fully saturated rings. The Labute approximate surface area is 96.6 Å². The van der Waals surface area contributed by atoms with Gasteiger partial charge in [0.1, 0.15) is 5.82 Å². The molecule has 1 rings (SSSR count). The molecule has 86 valence electrons. The van der Waals surface area contributed by atoms with Crippen molar-refractivity contribution in [1.82, 2.24) is 0 Å². The average molecular weight is 245 g/mol. The van der Waals surface area contributed by atoms with Gasteiger partial charge in [-0.1, -0.05) is 0 Å². The van der Waals surface area contributed by atoms with Crippen LogP contribution in [0.25, 0.3) is 0 Å². The Bertz CT molecular complexity index is 423. The maximum absolute atomic E-state index is 13.2. The summed E-state index contributed by atoms with van der Waals surface area (Å²) < 4.78 is 13.2. The fourth-order valence-corrected chi connectivity index (χ4v) is 1.24. The lowest BCUT2D eigenvalue weighted by molar-refractivity contribution is -0.115. The standard InChI is InChI=1S/C10H10ClFN2O2/c11-4-3-9(15)14-8-5-6(10(13)16)1-2-7(8)12/h1-2,5H,3-4H2,(H2,13,16)(H,14,15). The zero-order valence-corrected chi connectivity index (χ0v) is 9.05. The van der Waals surface area contributed by atoms with Crippen LogP contribution in [0.1, 0.15) is 16.8 Å². The molecule has 0 saturated heterocycles. The number of halogens is 2. The Balaban J connectivity index is 2.90. The predicted molar refractivity (Wildman–Crippen MR) is 58.9 cm³/mol. The van der Waals surface area contributed by atoms with Crippen LogP contribution in [0.15, 0.2) is 18.2 Å². The van der Waals surface area contributed by atoms with E-state index in [9.17, 15) is 14.0 Å². The van der Waals surface area contributed by atoms with E-state index in [1.54, 1.807) is 0 Å². The maximum Gasteiger partial charge on any atom is 0.248 e. The quantitative estimate of drug-likeness (QED) is 0.788. The summed E-state index contributed by atoms with van der Waals surface area (Å²) in [6, 6.07) is 3.50. The molecule has 0 aromatic heterocycles. The fourth-order valence-electron chi connectivity index (χ4n) is 1.07. The van der Waals surface area contributed by atoms with Gasteiger partial charge in [-0.3, -0.25) is 9.59 Å². The molecule has 6 heteroatoms. The lowest BCUT2D eigenvalue weighted by Gasteiger charge is -2.06. The molecule has 4 nitrogen and oxygen atoms in total. The van der Waals surface area contributed by atoms with Gasteiger partial charge in [-0.2, -0.15) is 0 Å². The first-order valence-corrected chi connectivity index (χ1v) is 5.03. The van der Waals surface area contributed by atoms with Crippen LogP contribution in [-0.2, 0) is 4.79 Å². The largest absolute Gasteiger partial charge is 0.366 e. The molecular formula is C10H10ClFN2O2. The van der Waals surface area contributed by atoms with Gasteiger partial charge in [0.2, 0.25) is 11.8 Å². The number of hydrogen-bond acceptors (Lipinski definition) is 2. The van der Waals surface area contributed by atoms with Crippen LogP contribution in [-0.4, -0.2) is 17.7 Å². The second kappa shape index (κ2) is 5.46. The average Bonchev–Trinajstić information content (AvgIpc) is 2.21. The number of alkyl halides is 1. The number of nitrogens with two attached hydrogens (primary N) is 1. The number of amides is 2. The second-order valence-corrected chi connectivity index (χ2v) is 3.42. The molecule has 0 radical (unpaired) electrons. The first-order chi connectivity index (χ1) is 7.54. The van der Waals surface area contributed by atoms with Gasteiger partial charge in [0.05, 0.1) is 5.69 Å². The molecule has 2 amide bonds. The van der Waals surface area contributed by atoms with Gasteiger partial charge < -0.3 is 11.1 Å². The number of anilines is 1. The SMILES string of the molecule is NC(=O)c1ccc(F)c(NC(=O)CCCl)c1. The number of hydrogen-bond donors (Lipinski definition) is 2. The Hall–Kier alpha value is -1.62. The number of nitrogens with one attached hydrogen (secondary N) is 1. The Morgan fingerprint density at radius 3 is 2.69 bits per heavy atom. The lowest BCUT2D eigenvalue weighted by Crippen LogP contribution is -2.15. The summed E-state index contributed by atoms with van der Waals surface area (Å²) in [4.78, 5) is 22.0. The van der Waals surface area contributed by atoms with Crippen molar-refractivity contribution in [2.75, 3.05) is 11.2 Å². The Morgan fingerprint density at radius 1 is 1.44 bits per heavy atom. The van der Waals surface area contributed by atoms with Crippen molar-refractivity contribution in [2.45, 2.75) is 6.42 Å². The second-order valence-electron chi connectivity index (χ2n) is 3.05. The minimum absolute atomic E-state index is 0.0712. The molecule has 0 aliphatic carbocycles. The summed E-state index contributed by atoms with van der Waals surface area (Å²) in [5.74, 6) is -1.60. The van der Waals surface area contributed by atoms with Crippen molar-refractivity contribution in [1.29, 1.82) is 0 Å². The van der Waals surface area contributed by atoms with Gasteiger partial charge in [-0.15, -0.1) is 11.6 Å². The van der Waals surface area contributed by atoms with Crippen LogP contribution in [0.3, 0.4) is 0 Å². The highest BCUT2D eigenvalue weighted by molar-refractivity contribution is 6.19. The Morgan fingerprint density at radius 2 is 2.12 bits per heavy atom. The highest BCUT2D eigenvalue weighted by Crippen LogP contribution is 2.16. The first-order valence-electron chi connectivity index (χ1n) is 4.49. The van der Waals surface area contributed by atoms with Crippen molar-refractivity contribution >= 4 is 29.1 Å². The zero-order chi connectivity index (χ0) is 12.1. The van der Waals surface area contributed by atoms with Crippen molar-refractivity contribution in [3.63, 3.8) is 0 Å². The van der Waals surface area contributed by atoms with E-state index in [4.69, 9.17) is 17.3 Å². The molecule has 0 spiro atoms. The molecule has 0 saturated carbocycles. The molecule has 1 aromatic carbocycles. The van der Waals surface area contributed by atoms with Gasteiger partial charge in [0.25, 0.3) is 0 Å². The van der Waals surface area contributed by atoms with Gasteiger partial charge in [-0.05, 0) is 18.2 Å². The lowest BCUT2D eigenvalue weighted by atomic mass is 10.2. The van der Waals surface area contributed by atoms with Gasteiger partial charge >= 0.3 is 0 Å². The Kier molecular flexibility index (Phi) is 4.25. The van der Waals surface area contributed by atoms with E-state index in [1.165, 1.54) is 12.1 Å². The zero-order valence-electron chi connectivity index (χ0n) is 8.30. The van der Waals surface area contributed by atoms with Crippen molar-refractivity contribution in [2.24, 2.45) is 5.73 Å². The van der Waals surface area contributed by atoms with Gasteiger partial charge in [-0.25, -0.2) is 4.39 Å². The summed E-state index contributed by atoms with van der Waals surface area (Å²) in [6.45, 7) is 0. The smallest absolute Gasteiger partial charge is 0.248 e. The summed E-state index contributed by atoms with van der Waals surface area (Å²) in [6.07, 6.45) is 0.0712. The third kappa shape index (κ3) is 3.20. The van der Waals surface area contributed by atoms with Crippen LogP contribution in [0.2, 0.25) is 0 Å². The van der Waals surface area contributed by atoms with E-state index in [0.717, 1.165) is 6.07 Å². The third-order valence-electron chi connectivity index (χ3n) is 1.85. The van der Waals surface area contributed by atoms with Gasteiger partial charge in [0, 0.05) is 17.9 Å². The predicted octanol–water partition coefficient (Wildman–Crippen LogP) is 1.49. The monoisotopic (exact) mass is 244 g/mol. The highest BCUT2D eigenvalue weighted by atomic mass is 35.5. The molecule has 1 aromatic rings. The van der Waals surface area contributed by atoms with E-state index in [1.807, 2.05) is 0 Å². The van der Waals surface area contributed by atoms with Crippen molar-refractivity contribution in [3.8, 4) is 0 Å². The molecule has 0 aliphatic rings. The summed E-state index contributed by atoms with van der Waals surface area (Å²) in [5, 5.41) is 2.30. The summed E-state index contributed by atoms with van der Waals surface area (Å²) in [5.41, 5.74) is 5.08. The van der Waals surface area contributed by atoms with Crippen molar-refractivity contribution in [3.05, 3.63) is 29.6 Å². The van der Waals surface area contributed by atoms with Crippen LogP contribution in [0.4, 0.5) is 10.1 Å². The van der Waals surface area contributed by atoms with Crippen molar-refractivity contribution < 1.29 is 14.0 Å². The van der Waals surface area contributed by atoms with E-state index in [-0.39, 0.29) is 23.6 Å². The van der Waals surface area contributed by atoms with Crippen LogP contribution >= 0.6 is 11.6 Å². The molecule has 0 bridgehead atoms. The number of primary amides is 1. The van der Waals surface area contributed by atoms with E-state index < -0.39 is 17.6 Å². The molecule has 0 aliphatic heterocycles. The number of carbonyl (C=O) groups is 2. The van der Waals surface area contributed by atoms with E-state index in [0.29, 0.717) is 0 Å². The van der Waals surface area contributed by atoms with Crippen LogP contribution < -0.4 is 11.1 Å². The molecule has 0 atom stereocenters. The summed E-state index contributed by atoms with van der Waals surface area (Å²) in [7, 11) is 0. The molecule has 3 N–H and O–H groups in total. The fraction of sp³-hybridized carbons (Fsp3) is 0.200. The van der Waals surface area contributed by atoms with E-state index >= 15 is 0 Å². The van der Waals surface area contributed by atoms with E-state index in [2.05, 4.69) is 5.32 Å². The molecular weight excluding hydrogens is 235 g/mol.